The highest BCUT2D eigenvalue weighted by Gasteiger charge is 2.29. The number of H-pyrrole nitrogens is 1. The molecule has 29 heavy (non-hydrogen) atoms. The van der Waals surface area contributed by atoms with Gasteiger partial charge in [0, 0.05) is 53.3 Å². The third-order valence-electron chi connectivity index (χ3n) is 5.24. The van der Waals surface area contributed by atoms with Crippen molar-refractivity contribution in [2.24, 2.45) is 0 Å². The van der Waals surface area contributed by atoms with Gasteiger partial charge in [0.1, 0.15) is 0 Å². The SMILES string of the molecule is CN(C(=O)NCc1cc2cc(Cl)ccc2[nH]1)C1CCCN(C(=O)c2nccs2)C1. The Morgan fingerprint density at radius 2 is 2.28 bits per heavy atom. The van der Waals surface area contributed by atoms with Crippen molar-refractivity contribution in [3.05, 3.63) is 51.6 Å². The second-order valence-electron chi connectivity index (χ2n) is 7.18. The average Bonchev–Trinajstić information content (AvgIpc) is 3.40. The number of piperidine rings is 1. The van der Waals surface area contributed by atoms with Crippen LogP contribution in [0.5, 0.6) is 0 Å². The summed E-state index contributed by atoms with van der Waals surface area (Å²) in [5.41, 5.74) is 1.89. The van der Waals surface area contributed by atoms with E-state index in [1.54, 1.807) is 28.4 Å². The Hall–Kier alpha value is -2.58. The van der Waals surface area contributed by atoms with Crippen LogP contribution in [0.2, 0.25) is 5.02 Å². The Balaban J connectivity index is 1.34. The lowest BCUT2D eigenvalue weighted by Gasteiger charge is -2.37. The predicted molar refractivity (Wildman–Crippen MR) is 114 cm³/mol. The molecule has 4 rings (SSSR count). The summed E-state index contributed by atoms with van der Waals surface area (Å²) in [6.45, 7) is 1.61. The van der Waals surface area contributed by atoms with E-state index in [0.29, 0.717) is 29.7 Å². The maximum Gasteiger partial charge on any atom is 0.317 e. The second-order valence-corrected chi connectivity index (χ2v) is 8.51. The number of carbonyl (C=O) groups is 2. The number of likely N-dealkylation sites (N-methyl/N-ethyl adjacent to an activating group) is 1. The van der Waals surface area contributed by atoms with Gasteiger partial charge in [0.05, 0.1) is 12.6 Å². The molecule has 1 saturated heterocycles. The molecule has 152 valence electrons. The second kappa shape index (κ2) is 8.42. The van der Waals surface area contributed by atoms with Gasteiger partial charge in [-0.25, -0.2) is 9.78 Å². The minimum atomic E-state index is -0.157. The third kappa shape index (κ3) is 4.38. The number of halogens is 1. The molecular formula is C20H22ClN5O2S. The third-order valence-corrected chi connectivity index (χ3v) is 6.23. The van der Waals surface area contributed by atoms with Crippen molar-refractivity contribution in [1.29, 1.82) is 0 Å². The van der Waals surface area contributed by atoms with E-state index in [2.05, 4.69) is 15.3 Å². The van der Waals surface area contributed by atoms with Gasteiger partial charge in [0.15, 0.2) is 5.01 Å². The van der Waals surface area contributed by atoms with E-state index in [4.69, 9.17) is 11.6 Å². The molecule has 7 nitrogen and oxygen atoms in total. The van der Waals surface area contributed by atoms with Crippen LogP contribution in [0.25, 0.3) is 10.9 Å². The molecule has 2 aromatic heterocycles. The molecule has 0 spiro atoms. The Bertz CT molecular complexity index is 1020. The van der Waals surface area contributed by atoms with Gasteiger partial charge in [-0.05, 0) is 37.1 Å². The van der Waals surface area contributed by atoms with E-state index in [1.165, 1.54) is 11.3 Å². The molecule has 9 heteroatoms. The molecule has 2 N–H and O–H groups in total. The van der Waals surface area contributed by atoms with Gasteiger partial charge in [0.25, 0.3) is 5.91 Å². The van der Waals surface area contributed by atoms with Crippen LogP contribution in [-0.2, 0) is 6.54 Å². The number of thiazole rings is 1. The summed E-state index contributed by atoms with van der Waals surface area (Å²) in [5, 5.41) is 6.94. The standard InChI is InChI=1S/C20H22ClN5O2S/c1-25(16-3-2-7-26(12-16)19(27)18-22-6-8-29-18)20(28)23-11-15-10-13-9-14(21)4-5-17(13)24-15/h4-6,8-10,16,24H,2-3,7,11-12H2,1H3,(H,23,28). The molecule has 3 heterocycles. The van der Waals surface area contributed by atoms with Gasteiger partial charge in [0.2, 0.25) is 0 Å². The fourth-order valence-electron chi connectivity index (χ4n) is 3.64. The van der Waals surface area contributed by atoms with E-state index in [-0.39, 0.29) is 18.0 Å². The van der Waals surface area contributed by atoms with Crippen LogP contribution in [0, 0.1) is 0 Å². The first-order valence-corrected chi connectivity index (χ1v) is 10.7. The van der Waals surface area contributed by atoms with E-state index in [9.17, 15) is 9.59 Å². The smallest absolute Gasteiger partial charge is 0.317 e. The maximum absolute atomic E-state index is 12.7. The van der Waals surface area contributed by atoms with Crippen LogP contribution in [0.1, 0.15) is 28.3 Å². The number of fused-ring (bicyclic) bond motifs is 1. The van der Waals surface area contributed by atoms with Crippen molar-refractivity contribution in [3.63, 3.8) is 0 Å². The van der Waals surface area contributed by atoms with Crippen molar-refractivity contribution in [1.82, 2.24) is 25.1 Å². The number of nitrogens with zero attached hydrogens (tertiary/aromatic N) is 3. The topological polar surface area (TPSA) is 81.3 Å². The van der Waals surface area contributed by atoms with Gasteiger partial charge in [-0.1, -0.05) is 11.6 Å². The lowest BCUT2D eigenvalue weighted by atomic mass is 10.0. The quantitative estimate of drug-likeness (QED) is 0.660. The number of hydrogen-bond donors (Lipinski definition) is 2. The van der Waals surface area contributed by atoms with Crippen LogP contribution in [0.4, 0.5) is 4.79 Å². The normalized spacial score (nSPS) is 16.8. The van der Waals surface area contributed by atoms with Gasteiger partial charge in [-0.3, -0.25) is 4.79 Å². The average molecular weight is 432 g/mol. The zero-order valence-corrected chi connectivity index (χ0v) is 17.6. The van der Waals surface area contributed by atoms with Crippen LogP contribution in [0.3, 0.4) is 0 Å². The van der Waals surface area contributed by atoms with Crippen LogP contribution in [-0.4, -0.2) is 57.9 Å². The number of aromatic nitrogens is 2. The minimum Gasteiger partial charge on any atom is -0.357 e. The first-order chi connectivity index (χ1) is 14.0. The molecule has 1 atom stereocenters. The fraction of sp³-hybridized carbons (Fsp3) is 0.350. The molecule has 0 saturated carbocycles. The number of hydrogen-bond acceptors (Lipinski definition) is 4. The van der Waals surface area contributed by atoms with Gasteiger partial charge in [-0.2, -0.15) is 0 Å². The van der Waals surface area contributed by atoms with Gasteiger partial charge < -0.3 is 20.1 Å². The molecule has 1 aromatic carbocycles. The predicted octanol–water partition coefficient (Wildman–Crippen LogP) is 3.72. The summed E-state index contributed by atoms with van der Waals surface area (Å²) >= 11 is 7.37. The number of benzene rings is 1. The lowest BCUT2D eigenvalue weighted by Crippen LogP contribution is -2.52. The molecule has 3 amide bonds. The van der Waals surface area contributed by atoms with Crippen LogP contribution in [0.15, 0.2) is 35.8 Å². The number of nitrogens with one attached hydrogen (secondary N) is 2. The molecule has 1 unspecified atom stereocenters. The number of rotatable bonds is 4. The Morgan fingerprint density at radius 3 is 3.07 bits per heavy atom. The molecule has 1 fully saturated rings. The summed E-state index contributed by atoms with van der Waals surface area (Å²) in [7, 11) is 1.78. The molecule has 3 aromatic rings. The highest BCUT2D eigenvalue weighted by atomic mass is 35.5. The number of likely N-dealkylation sites (tertiary alicyclic amines) is 1. The number of amides is 3. The summed E-state index contributed by atoms with van der Waals surface area (Å²) in [6.07, 6.45) is 3.37. The fourth-order valence-corrected chi connectivity index (χ4v) is 4.42. The molecule has 1 aliphatic heterocycles. The molecule has 0 radical (unpaired) electrons. The van der Waals surface area contributed by atoms with Crippen molar-refractivity contribution in [2.75, 3.05) is 20.1 Å². The zero-order chi connectivity index (χ0) is 20.4. The van der Waals surface area contributed by atoms with Gasteiger partial charge in [-0.15, -0.1) is 11.3 Å². The maximum atomic E-state index is 12.7. The first-order valence-electron chi connectivity index (χ1n) is 9.48. The van der Waals surface area contributed by atoms with Crippen molar-refractivity contribution in [3.8, 4) is 0 Å². The Morgan fingerprint density at radius 1 is 1.41 bits per heavy atom. The molecule has 0 aliphatic carbocycles. The minimum absolute atomic E-state index is 0.0193. The van der Waals surface area contributed by atoms with Crippen molar-refractivity contribution >= 4 is 45.8 Å². The van der Waals surface area contributed by atoms with E-state index < -0.39 is 0 Å². The van der Waals surface area contributed by atoms with E-state index in [1.807, 2.05) is 24.3 Å². The largest absolute Gasteiger partial charge is 0.357 e. The van der Waals surface area contributed by atoms with Gasteiger partial charge >= 0.3 is 6.03 Å². The van der Waals surface area contributed by atoms with Crippen LogP contribution >= 0.6 is 22.9 Å². The summed E-state index contributed by atoms with van der Waals surface area (Å²) < 4.78 is 0. The molecule has 0 bridgehead atoms. The first kappa shape index (κ1) is 19.7. The van der Waals surface area contributed by atoms with Crippen molar-refractivity contribution in [2.45, 2.75) is 25.4 Å². The van der Waals surface area contributed by atoms with Crippen molar-refractivity contribution < 1.29 is 9.59 Å². The molecular weight excluding hydrogens is 410 g/mol. The molecule has 1 aliphatic rings. The highest BCUT2D eigenvalue weighted by Crippen LogP contribution is 2.21. The lowest BCUT2D eigenvalue weighted by molar-refractivity contribution is 0.0636. The number of urea groups is 1. The number of aromatic amines is 1. The zero-order valence-electron chi connectivity index (χ0n) is 16.0. The number of carbonyl (C=O) groups excluding carboxylic acids is 2. The summed E-state index contributed by atoms with van der Waals surface area (Å²) in [6, 6.07) is 7.45. The summed E-state index contributed by atoms with van der Waals surface area (Å²) in [4.78, 5) is 36.1. The van der Waals surface area contributed by atoms with Crippen LogP contribution < -0.4 is 5.32 Å². The van der Waals surface area contributed by atoms with E-state index >= 15 is 0 Å². The Labute approximate surface area is 177 Å². The monoisotopic (exact) mass is 431 g/mol. The summed E-state index contributed by atoms with van der Waals surface area (Å²) in [5.74, 6) is -0.0600. The highest BCUT2D eigenvalue weighted by molar-refractivity contribution is 7.11. The van der Waals surface area contributed by atoms with E-state index in [0.717, 1.165) is 29.4 Å². The Kier molecular flexibility index (Phi) is 5.73.